The highest BCUT2D eigenvalue weighted by atomic mass is 16.2. The molecule has 130 valence electrons. The fraction of sp³-hybridized carbons (Fsp3) is 0.300. The number of likely N-dealkylation sites (N-methyl/N-ethyl adjacent to an activating group) is 1. The van der Waals surface area contributed by atoms with Gasteiger partial charge in [0, 0.05) is 18.3 Å². The van der Waals surface area contributed by atoms with Crippen molar-refractivity contribution < 1.29 is 9.59 Å². The van der Waals surface area contributed by atoms with Crippen LogP contribution in [-0.4, -0.2) is 30.8 Å². The van der Waals surface area contributed by atoms with Gasteiger partial charge in [0.2, 0.25) is 11.8 Å². The van der Waals surface area contributed by atoms with Crippen molar-refractivity contribution in [2.45, 2.75) is 25.3 Å². The van der Waals surface area contributed by atoms with E-state index < -0.39 is 5.54 Å². The van der Waals surface area contributed by atoms with Crippen molar-refractivity contribution in [2.75, 3.05) is 24.7 Å². The highest BCUT2D eigenvalue weighted by molar-refractivity contribution is 6.00. The molecule has 5 nitrogen and oxygen atoms in total. The molecule has 0 spiro atoms. The van der Waals surface area contributed by atoms with E-state index >= 15 is 0 Å². The largest absolute Gasteiger partial charge is 0.326 e. The van der Waals surface area contributed by atoms with E-state index in [0.717, 1.165) is 18.4 Å². The highest BCUT2D eigenvalue weighted by Crippen LogP contribution is 2.41. The van der Waals surface area contributed by atoms with Gasteiger partial charge in [0.25, 0.3) is 0 Å². The van der Waals surface area contributed by atoms with E-state index in [2.05, 4.69) is 16.7 Å². The first-order valence-electron chi connectivity index (χ1n) is 8.38. The predicted molar refractivity (Wildman–Crippen MR) is 99.5 cm³/mol. The maximum absolute atomic E-state index is 13.2. The summed E-state index contributed by atoms with van der Waals surface area (Å²) in [5.41, 5.74) is 3.07. The van der Waals surface area contributed by atoms with Crippen molar-refractivity contribution in [2.24, 2.45) is 0 Å². The number of nitrogens with zero attached hydrogens (tertiary/aromatic N) is 1. The number of nitrogens with one attached hydrogen (secondary N) is 2. The number of rotatable bonds is 4. The molecule has 3 rings (SSSR count). The summed E-state index contributed by atoms with van der Waals surface area (Å²) in [6.07, 6.45) is 1.65. The van der Waals surface area contributed by atoms with Gasteiger partial charge in [-0.2, -0.15) is 0 Å². The molecule has 25 heavy (non-hydrogen) atoms. The van der Waals surface area contributed by atoms with Gasteiger partial charge in [-0.25, -0.2) is 0 Å². The van der Waals surface area contributed by atoms with Crippen LogP contribution in [0.15, 0.2) is 48.5 Å². The molecule has 0 aromatic heterocycles. The molecular weight excluding hydrogens is 314 g/mol. The maximum Gasteiger partial charge on any atom is 0.249 e. The first kappa shape index (κ1) is 17.2. The van der Waals surface area contributed by atoms with Gasteiger partial charge in [0.05, 0.1) is 0 Å². The lowest BCUT2D eigenvalue weighted by Crippen LogP contribution is -2.49. The van der Waals surface area contributed by atoms with Crippen LogP contribution in [0.3, 0.4) is 0 Å². The quantitative estimate of drug-likeness (QED) is 0.902. The monoisotopic (exact) mass is 337 g/mol. The van der Waals surface area contributed by atoms with Crippen LogP contribution in [-0.2, 0) is 21.5 Å². The minimum absolute atomic E-state index is 0.0327. The SMILES string of the molecule is CC(=O)Nc1ccc(NC(=O)[C@@]2(N(C)C)CCc3ccccc32)cc1. The first-order valence-corrected chi connectivity index (χ1v) is 8.38. The molecular formula is C20H23N3O2. The number of benzene rings is 2. The molecule has 0 aliphatic heterocycles. The van der Waals surface area contributed by atoms with E-state index in [4.69, 9.17) is 0 Å². The van der Waals surface area contributed by atoms with Crippen LogP contribution in [0.5, 0.6) is 0 Å². The van der Waals surface area contributed by atoms with Crippen molar-refractivity contribution in [1.29, 1.82) is 0 Å². The Kier molecular flexibility index (Phi) is 4.59. The number of hydrogen-bond donors (Lipinski definition) is 2. The van der Waals surface area contributed by atoms with E-state index in [0.29, 0.717) is 11.4 Å². The number of hydrogen-bond acceptors (Lipinski definition) is 3. The van der Waals surface area contributed by atoms with Crippen molar-refractivity contribution in [3.8, 4) is 0 Å². The van der Waals surface area contributed by atoms with E-state index in [1.807, 2.05) is 37.2 Å². The van der Waals surface area contributed by atoms with E-state index in [9.17, 15) is 9.59 Å². The van der Waals surface area contributed by atoms with Crippen LogP contribution in [0.1, 0.15) is 24.5 Å². The second-order valence-corrected chi connectivity index (χ2v) is 6.62. The molecule has 0 radical (unpaired) electrons. The molecule has 1 aliphatic carbocycles. The number of fused-ring (bicyclic) bond motifs is 1. The molecule has 5 heteroatoms. The summed E-state index contributed by atoms with van der Waals surface area (Å²) in [4.78, 5) is 26.3. The van der Waals surface area contributed by atoms with Crippen LogP contribution in [0.2, 0.25) is 0 Å². The van der Waals surface area contributed by atoms with Gasteiger partial charge in [-0.05, 0) is 62.3 Å². The molecule has 1 atom stereocenters. The molecule has 0 unspecified atom stereocenters. The number of amides is 2. The van der Waals surface area contributed by atoms with Gasteiger partial charge in [0.1, 0.15) is 5.54 Å². The number of aryl methyl sites for hydroxylation is 1. The third kappa shape index (κ3) is 3.15. The van der Waals surface area contributed by atoms with Crippen LogP contribution < -0.4 is 10.6 Å². The van der Waals surface area contributed by atoms with Gasteiger partial charge in [-0.1, -0.05) is 24.3 Å². The van der Waals surface area contributed by atoms with Crippen LogP contribution >= 0.6 is 0 Å². The second kappa shape index (κ2) is 6.69. The summed E-state index contributed by atoms with van der Waals surface area (Å²) in [7, 11) is 3.89. The van der Waals surface area contributed by atoms with Gasteiger partial charge < -0.3 is 10.6 Å². The summed E-state index contributed by atoms with van der Waals surface area (Å²) < 4.78 is 0. The summed E-state index contributed by atoms with van der Waals surface area (Å²) >= 11 is 0. The fourth-order valence-corrected chi connectivity index (χ4v) is 3.57. The Hall–Kier alpha value is -2.66. The summed E-state index contributed by atoms with van der Waals surface area (Å²) in [6.45, 7) is 1.47. The van der Waals surface area contributed by atoms with Gasteiger partial charge >= 0.3 is 0 Å². The highest BCUT2D eigenvalue weighted by Gasteiger charge is 2.47. The van der Waals surface area contributed by atoms with Crippen LogP contribution in [0, 0.1) is 0 Å². The second-order valence-electron chi connectivity index (χ2n) is 6.62. The minimum atomic E-state index is -0.660. The third-order valence-electron chi connectivity index (χ3n) is 4.82. The lowest BCUT2D eigenvalue weighted by atomic mass is 9.89. The number of anilines is 2. The number of carbonyl (C=O) groups is 2. The van der Waals surface area contributed by atoms with E-state index in [-0.39, 0.29) is 11.8 Å². The molecule has 0 heterocycles. The Bertz CT molecular complexity index is 799. The maximum atomic E-state index is 13.2. The molecule has 2 aromatic rings. The summed E-state index contributed by atoms with van der Waals surface area (Å²) in [5, 5.41) is 5.75. The zero-order chi connectivity index (χ0) is 18.0. The van der Waals surface area contributed by atoms with Crippen molar-refractivity contribution in [3.05, 3.63) is 59.7 Å². The van der Waals surface area contributed by atoms with Crippen LogP contribution in [0.4, 0.5) is 11.4 Å². The molecule has 2 aromatic carbocycles. The average Bonchev–Trinajstić information content (AvgIpc) is 2.97. The van der Waals surface area contributed by atoms with Gasteiger partial charge in [-0.15, -0.1) is 0 Å². The normalized spacial score (nSPS) is 18.7. The van der Waals surface area contributed by atoms with Crippen LogP contribution in [0.25, 0.3) is 0 Å². The Morgan fingerprint density at radius 1 is 0.960 bits per heavy atom. The van der Waals surface area contributed by atoms with Crippen molar-refractivity contribution in [3.63, 3.8) is 0 Å². The molecule has 0 bridgehead atoms. The predicted octanol–water partition coefficient (Wildman–Crippen LogP) is 2.99. The Labute approximate surface area is 148 Å². The first-order chi connectivity index (χ1) is 11.9. The third-order valence-corrected chi connectivity index (χ3v) is 4.82. The minimum Gasteiger partial charge on any atom is -0.326 e. The Morgan fingerprint density at radius 3 is 2.16 bits per heavy atom. The van der Waals surface area contributed by atoms with E-state index in [1.165, 1.54) is 12.5 Å². The van der Waals surface area contributed by atoms with Gasteiger partial charge in [-0.3, -0.25) is 14.5 Å². The number of carbonyl (C=O) groups excluding carboxylic acids is 2. The topological polar surface area (TPSA) is 61.4 Å². The zero-order valence-corrected chi connectivity index (χ0v) is 14.8. The summed E-state index contributed by atoms with van der Waals surface area (Å²) in [5.74, 6) is -0.152. The fourth-order valence-electron chi connectivity index (χ4n) is 3.57. The molecule has 2 amide bonds. The molecule has 0 saturated heterocycles. The average molecular weight is 337 g/mol. The molecule has 0 fully saturated rings. The van der Waals surface area contributed by atoms with E-state index in [1.54, 1.807) is 24.3 Å². The van der Waals surface area contributed by atoms with Crippen molar-refractivity contribution >= 4 is 23.2 Å². The zero-order valence-electron chi connectivity index (χ0n) is 14.8. The lowest BCUT2D eigenvalue weighted by Gasteiger charge is -2.35. The van der Waals surface area contributed by atoms with Crippen molar-refractivity contribution in [1.82, 2.24) is 4.90 Å². The Morgan fingerprint density at radius 2 is 1.56 bits per heavy atom. The Balaban J connectivity index is 1.85. The smallest absolute Gasteiger partial charge is 0.249 e. The van der Waals surface area contributed by atoms with Gasteiger partial charge in [0.15, 0.2) is 0 Å². The standard InChI is InChI=1S/C20H23N3O2/c1-14(24)21-16-8-10-17(11-9-16)22-19(25)20(23(2)3)13-12-15-6-4-5-7-18(15)20/h4-11H,12-13H2,1-3H3,(H,21,24)(H,22,25)/t20-/m1/s1. The summed E-state index contributed by atoms with van der Waals surface area (Å²) in [6, 6.07) is 15.3. The lowest BCUT2D eigenvalue weighted by molar-refractivity contribution is -0.127. The molecule has 0 saturated carbocycles. The molecule has 1 aliphatic rings. The molecule has 2 N–H and O–H groups in total.